The van der Waals surface area contributed by atoms with Gasteiger partial charge in [-0.25, -0.2) is 4.98 Å². The topological polar surface area (TPSA) is 83.1 Å². The molecule has 8 heteroatoms. The number of nitrogens with zero attached hydrogens (tertiary/aromatic N) is 1. The standard InChI is InChI=1S/C33H59N3O5/c1-24(22-37-14-15-39-28-18-27(19-28)38-13-12-35-32(5,6)7)20-33(8,9)36-25-16-29(17-25)41-30-11-10-26(21-34-30)40-23-31(2,3)4/h10-11,21,24-25,27-29,35-36H,12-20,22-23H2,1-9H3/t24-,25?,27?,28?,29?/m1/s1. The second kappa shape index (κ2) is 15.3. The van der Waals surface area contributed by atoms with Crippen molar-refractivity contribution < 1.29 is 23.7 Å². The Morgan fingerprint density at radius 3 is 2.17 bits per heavy atom. The molecule has 2 saturated carbocycles. The second-order valence-electron chi connectivity index (χ2n) is 15.1. The lowest BCUT2D eigenvalue weighted by Gasteiger charge is -2.41. The van der Waals surface area contributed by atoms with Crippen LogP contribution in [0.25, 0.3) is 0 Å². The van der Waals surface area contributed by atoms with Crippen molar-refractivity contribution in [2.24, 2.45) is 11.3 Å². The zero-order valence-electron chi connectivity index (χ0n) is 27.4. The van der Waals surface area contributed by atoms with E-state index < -0.39 is 0 Å². The highest BCUT2D eigenvalue weighted by molar-refractivity contribution is 5.23. The molecule has 1 heterocycles. The predicted molar refractivity (Wildman–Crippen MR) is 165 cm³/mol. The van der Waals surface area contributed by atoms with E-state index >= 15 is 0 Å². The predicted octanol–water partition coefficient (Wildman–Crippen LogP) is 5.78. The Morgan fingerprint density at radius 2 is 1.56 bits per heavy atom. The third kappa shape index (κ3) is 14.0. The van der Waals surface area contributed by atoms with E-state index in [1.165, 1.54) is 0 Å². The first-order valence-corrected chi connectivity index (χ1v) is 15.7. The molecule has 2 N–H and O–H groups in total. The van der Waals surface area contributed by atoms with Gasteiger partial charge in [0.2, 0.25) is 5.88 Å². The molecular formula is C33H59N3O5. The van der Waals surface area contributed by atoms with Gasteiger partial charge in [-0.1, -0.05) is 27.7 Å². The van der Waals surface area contributed by atoms with Crippen molar-refractivity contribution in [1.29, 1.82) is 0 Å². The Balaban J connectivity index is 1.18. The van der Waals surface area contributed by atoms with Gasteiger partial charge < -0.3 is 34.3 Å². The van der Waals surface area contributed by atoms with E-state index in [4.69, 9.17) is 23.7 Å². The molecule has 0 saturated heterocycles. The highest BCUT2D eigenvalue weighted by atomic mass is 16.5. The SMILES string of the molecule is C[C@@H](COCCOC1CC(OCCNC(C)(C)C)C1)CC(C)(C)NC1CC(Oc2ccc(OCC(C)(C)C)cn2)C1. The van der Waals surface area contributed by atoms with Crippen molar-refractivity contribution in [2.45, 2.75) is 130 Å². The maximum absolute atomic E-state index is 6.07. The Kier molecular flexibility index (Phi) is 12.7. The monoisotopic (exact) mass is 577 g/mol. The van der Waals surface area contributed by atoms with Crippen molar-refractivity contribution in [3.63, 3.8) is 0 Å². The van der Waals surface area contributed by atoms with E-state index in [2.05, 4.69) is 77.9 Å². The molecule has 3 rings (SSSR count). The third-order valence-electron chi connectivity index (χ3n) is 7.36. The average Bonchev–Trinajstić information content (AvgIpc) is 2.80. The van der Waals surface area contributed by atoms with Crippen LogP contribution in [0, 0.1) is 11.3 Å². The molecular weight excluding hydrogens is 518 g/mol. The molecule has 2 fully saturated rings. The highest BCUT2D eigenvalue weighted by Crippen LogP contribution is 2.29. The number of nitrogens with one attached hydrogen (secondary N) is 2. The maximum Gasteiger partial charge on any atom is 0.213 e. The summed E-state index contributed by atoms with van der Waals surface area (Å²) in [5, 5.41) is 7.28. The highest BCUT2D eigenvalue weighted by Gasteiger charge is 2.35. The van der Waals surface area contributed by atoms with Crippen molar-refractivity contribution >= 4 is 0 Å². The fourth-order valence-electron chi connectivity index (χ4n) is 5.31. The van der Waals surface area contributed by atoms with Crippen molar-refractivity contribution in [3.05, 3.63) is 18.3 Å². The number of hydrogen-bond acceptors (Lipinski definition) is 8. The first kappa shape index (κ1) is 34.0. The normalized spacial score (nSPS) is 23.9. The van der Waals surface area contributed by atoms with Crippen LogP contribution in [0.2, 0.25) is 0 Å². The second-order valence-corrected chi connectivity index (χ2v) is 15.1. The van der Waals surface area contributed by atoms with E-state index in [0.29, 0.717) is 49.9 Å². The molecule has 236 valence electrons. The van der Waals surface area contributed by atoms with E-state index in [-0.39, 0.29) is 22.6 Å². The first-order valence-electron chi connectivity index (χ1n) is 15.7. The number of pyridine rings is 1. The van der Waals surface area contributed by atoms with Crippen LogP contribution in [0.4, 0.5) is 0 Å². The summed E-state index contributed by atoms with van der Waals surface area (Å²) in [6.45, 7) is 24.2. The first-order chi connectivity index (χ1) is 19.2. The number of ether oxygens (including phenoxy) is 5. The summed E-state index contributed by atoms with van der Waals surface area (Å²) in [5.74, 6) is 1.92. The van der Waals surface area contributed by atoms with Crippen molar-refractivity contribution in [1.82, 2.24) is 15.6 Å². The summed E-state index contributed by atoms with van der Waals surface area (Å²) in [7, 11) is 0. The summed E-state index contributed by atoms with van der Waals surface area (Å²) < 4.78 is 29.7. The van der Waals surface area contributed by atoms with Gasteiger partial charge in [0.05, 0.1) is 44.8 Å². The Bertz CT molecular complexity index is 868. The van der Waals surface area contributed by atoms with Crippen LogP contribution in [0.1, 0.15) is 94.4 Å². The summed E-state index contributed by atoms with van der Waals surface area (Å²) in [4.78, 5) is 4.42. The molecule has 0 spiro atoms. The number of aromatic nitrogens is 1. The average molecular weight is 578 g/mol. The summed E-state index contributed by atoms with van der Waals surface area (Å²) in [6.07, 6.45) is 7.66. The lowest BCUT2D eigenvalue weighted by Crippen LogP contribution is -2.55. The molecule has 41 heavy (non-hydrogen) atoms. The lowest BCUT2D eigenvalue weighted by molar-refractivity contribution is -0.110. The molecule has 2 aliphatic rings. The number of hydrogen-bond donors (Lipinski definition) is 2. The van der Waals surface area contributed by atoms with Gasteiger partial charge in [-0.05, 0) is 84.1 Å². The van der Waals surface area contributed by atoms with E-state index in [0.717, 1.165) is 57.6 Å². The lowest BCUT2D eigenvalue weighted by atomic mass is 9.84. The molecule has 8 nitrogen and oxygen atoms in total. The van der Waals surface area contributed by atoms with Gasteiger partial charge in [0.1, 0.15) is 11.9 Å². The van der Waals surface area contributed by atoms with Crippen LogP contribution in [-0.4, -0.2) is 80.0 Å². The van der Waals surface area contributed by atoms with E-state index in [9.17, 15) is 0 Å². The Hall–Kier alpha value is -1.45. The van der Waals surface area contributed by atoms with Gasteiger partial charge in [-0.15, -0.1) is 0 Å². The molecule has 1 aromatic heterocycles. The van der Waals surface area contributed by atoms with E-state index in [1.54, 1.807) is 6.20 Å². The molecule has 0 unspecified atom stereocenters. The van der Waals surface area contributed by atoms with Gasteiger partial charge in [0.25, 0.3) is 0 Å². The third-order valence-corrected chi connectivity index (χ3v) is 7.36. The maximum atomic E-state index is 6.07. The summed E-state index contributed by atoms with van der Waals surface area (Å²) in [6, 6.07) is 4.31. The largest absolute Gasteiger partial charge is 0.491 e. The van der Waals surface area contributed by atoms with E-state index in [1.807, 2.05) is 12.1 Å². The molecule has 0 bridgehead atoms. The zero-order valence-corrected chi connectivity index (χ0v) is 27.4. The molecule has 0 aromatic carbocycles. The van der Waals surface area contributed by atoms with Crippen LogP contribution >= 0.6 is 0 Å². The Labute approximate surface area is 250 Å². The minimum atomic E-state index is 0.0442. The van der Waals surface area contributed by atoms with Crippen LogP contribution in [0.15, 0.2) is 18.3 Å². The van der Waals surface area contributed by atoms with Gasteiger partial charge in [0.15, 0.2) is 0 Å². The van der Waals surface area contributed by atoms with Gasteiger partial charge in [0, 0.05) is 36.3 Å². The van der Waals surface area contributed by atoms with Crippen molar-refractivity contribution in [2.75, 3.05) is 39.6 Å². The zero-order chi connectivity index (χ0) is 30.1. The van der Waals surface area contributed by atoms with Crippen LogP contribution < -0.4 is 20.1 Å². The fraction of sp³-hybridized carbons (Fsp3) is 0.848. The van der Waals surface area contributed by atoms with Gasteiger partial charge >= 0.3 is 0 Å². The van der Waals surface area contributed by atoms with Gasteiger partial charge in [-0.3, -0.25) is 0 Å². The summed E-state index contributed by atoms with van der Waals surface area (Å²) in [5.41, 5.74) is 0.308. The van der Waals surface area contributed by atoms with Crippen molar-refractivity contribution in [3.8, 4) is 11.6 Å². The molecule has 0 radical (unpaired) electrons. The molecule has 1 atom stereocenters. The minimum Gasteiger partial charge on any atom is -0.491 e. The quantitative estimate of drug-likeness (QED) is 0.213. The summed E-state index contributed by atoms with van der Waals surface area (Å²) >= 11 is 0. The van der Waals surface area contributed by atoms with Crippen LogP contribution in [0.5, 0.6) is 11.6 Å². The molecule has 1 aromatic rings. The molecule has 0 aliphatic heterocycles. The molecule has 2 aliphatic carbocycles. The Morgan fingerprint density at radius 1 is 0.878 bits per heavy atom. The number of rotatable bonds is 18. The minimum absolute atomic E-state index is 0.0442. The van der Waals surface area contributed by atoms with Crippen LogP contribution in [0.3, 0.4) is 0 Å². The smallest absolute Gasteiger partial charge is 0.213 e. The van der Waals surface area contributed by atoms with Gasteiger partial charge in [-0.2, -0.15) is 0 Å². The molecule has 0 amide bonds. The fourth-order valence-corrected chi connectivity index (χ4v) is 5.31. The van der Waals surface area contributed by atoms with Crippen LogP contribution in [-0.2, 0) is 14.2 Å².